The van der Waals surface area contributed by atoms with Crippen molar-refractivity contribution >= 4 is 15.7 Å². The number of amides is 1. The van der Waals surface area contributed by atoms with Crippen LogP contribution in [0.5, 0.6) is 5.75 Å². The Bertz CT molecular complexity index is 771. The number of ether oxygens (including phenoxy) is 1. The molecule has 2 atom stereocenters. The van der Waals surface area contributed by atoms with E-state index in [1.807, 2.05) is 24.3 Å². The van der Waals surface area contributed by atoms with Crippen molar-refractivity contribution in [1.29, 1.82) is 0 Å². The lowest BCUT2D eigenvalue weighted by Gasteiger charge is -2.36. The topological polar surface area (TPSA) is 75.7 Å². The lowest BCUT2D eigenvalue weighted by molar-refractivity contribution is -0.127. The third-order valence-electron chi connectivity index (χ3n) is 5.90. The maximum absolute atomic E-state index is 12.7. The Balaban J connectivity index is 1.32. The van der Waals surface area contributed by atoms with Crippen molar-refractivity contribution in [3.8, 4) is 5.75 Å². The summed E-state index contributed by atoms with van der Waals surface area (Å²) in [6.45, 7) is 2.24. The van der Waals surface area contributed by atoms with Crippen LogP contribution in [0.25, 0.3) is 0 Å². The third-order valence-corrected chi connectivity index (χ3v) is 7.65. The average molecular weight is 378 g/mol. The molecular formula is C19H26N2O4S. The van der Waals surface area contributed by atoms with Gasteiger partial charge in [-0.1, -0.05) is 18.2 Å². The highest BCUT2D eigenvalue weighted by Crippen LogP contribution is 2.32. The number of carbonyl (C=O) groups is 1. The Morgan fingerprint density at radius 1 is 1.12 bits per heavy atom. The number of nitrogens with one attached hydrogen (secondary N) is 1. The minimum Gasteiger partial charge on any atom is -0.493 e. The molecule has 0 radical (unpaired) electrons. The van der Waals surface area contributed by atoms with Gasteiger partial charge in [0.2, 0.25) is 5.91 Å². The van der Waals surface area contributed by atoms with E-state index in [-0.39, 0.29) is 29.7 Å². The monoisotopic (exact) mass is 378 g/mol. The molecule has 0 aliphatic carbocycles. The molecule has 142 valence electrons. The predicted molar refractivity (Wildman–Crippen MR) is 98.8 cm³/mol. The van der Waals surface area contributed by atoms with E-state index in [1.165, 1.54) is 0 Å². The number of rotatable bonds is 3. The number of likely N-dealkylation sites (tertiary alicyclic amines) is 1. The summed E-state index contributed by atoms with van der Waals surface area (Å²) in [4.78, 5) is 15.0. The number of fused-ring (bicyclic) bond motifs is 1. The van der Waals surface area contributed by atoms with Crippen molar-refractivity contribution in [2.75, 3.05) is 31.2 Å². The van der Waals surface area contributed by atoms with Crippen LogP contribution in [0, 0.1) is 5.92 Å². The summed E-state index contributed by atoms with van der Waals surface area (Å²) in [7, 11) is -2.86. The second-order valence-corrected chi connectivity index (χ2v) is 9.83. The molecular weight excluding hydrogens is 352 g/mol. The molecule has 6 nitrogen and oxygen atoms in total. The van der Waals surface area contributed by atoms with E-state index in [0.29, 0.717) is 12.4 Å². The number of sulfone groups is 1. The Morgan fingerprint density at radius 3 is 2.62 bits per heavy atom. The maximum atomic E-state index is 12.7. The normalized spacial score (nSPS) is 28.9. The molecule has 0 saturated carbocycles. The summed E-state index contributed by atoms with van der Waals surface area (Å²) in [6.07, 6.45) is 3.13. The molecule has 3 aliphatic heterocycles. The fourth-order valence-corrected chi connectivity index (χ4v) is 6.13. The van der Waals surface area contributed by atoms with E-state index in [2.05, 4.69) is 10.2 Å². The van der Waals surface area contributed by atoms with Gasteiger partial charge >= 0.3 is 0 Å². The Labute approximate surface area is 154 Å². The molecule has 26 heavy (non-hydrogen) atoms. The van der Waals surface area contributed by atoms with Crippen LogP contribution in [-0.4, -0.2) is 56.5 Å². The van der Waals surface area contributed by atoms with Gasteiger partial charge in [-0.15, -0.1) is 0 Å². The molecule has 0 spiro atoms. The van der Waals surface area contributed by atoms with E-state index < -0.39 is 9.84 Å². The maximum Gasteiger partial charge on any atom is 0.223 e. The summed E-state index contributed by atoms with van der Waals surface area (Å²) >= 11 is 0. The van der Waals surface area contributed by atoms with E-state index in [0.717, 1.165) is 50.1 Å². The van der Waals surface area contributed by atoms with Gasteiger partial charge in [-0.05, 0) is 38.4 Å². The first-order valence-corrected chi connectivity index (χ1v) is 11.3. The van der Waals surface area contributed by atoms with Gasteiger partial charge in [0.05, 0.1) is 24.2 Å². The number of para-hydroxylation sites is 1. The highest BCUT2D eigenvalue weighted by atomic mass is 32.2. The van der Waals surface area contributed by atoms with Crippen molar-refractivity contribution in [2.24, 2.45) is 5.92 Å². The summed E-state index contributed by atoms with van der Waals surface area (Å²) in [6, 6.07) is 8.05. The van der Waals surface area contributed by atoms with Crippen LogP contribution in [0.1, 0.15) is 37.3 Å². The van der Waals surface area contributed by atoms with Crippen LogP contribution in [0.4, 0.5) is 0 Å². The van der Waals surface area contributed by atoms with Crippen LogP contribution >= 0.6 is 0 Å². The summed E-state index contributed by atoms with van der Waals surface area (Å²) in [5, 5.41) is 3.21. The highest BCUT2D eigenvalue weighted by molar-refractivity contribution is 7.91. The predicted octanol–water partition coefficient (Wildman–Crippen LogP) is 1.53. The second-order valence-electron chi connectivity index (χ2n) is 7.60. The number of carbonyl (C=O) groups excluding carboxylic acids is 1. The molecule has 2 saturated heterocycles. The van der Waals surface area contributed by atoms with Crippen LogP contribution in [0.3, 0.4) is 0 Å². The largest absolute Gasteiger partial charge is 0.493 e. The van der Waals surface area contributed by atoms with Gasteiger partial charge in [-0.25, -0.2) is 8.42 Å². The van der Waals surface area contributed by atoms with Crippen molar-refractivity contribution in [1.82, 2.24) is 10.2 Å². The summed E-state index contributed by atoms with van der Waals surface area (Å²) in [5.74, 6) is 1.58. The van der Waals surface area contributed by atoms with Crippen molar-refractivity contribution in [2.45, 2.75) is 37.8 Å². The highest BCUT2D eigenvalue weighted by Gasteiger charge is 2.35. The molecule has 7 heteroatoms. The first-order valence-electron chi connectivity index (χ1n) is 9.48. The molecule has 3 aliphatic rings. The molecule has 1 aromatic carbocycles. The summed E-state index contributed by atoms with van der Waals surface area (Å²) in [5.41, 5.74) is 1.06. The van der Waals surface area contributed by atoms with Gasteiger partial charge in [0, 0.05) is 23.9 Å². The third kappa shape index (κ3) is 3.74. The Kier molecular flexibility index (Phi) is 4.92. The van der Waals surface area contributed by atoms with Crippen molar-refractivity contribution in [3.63, 3.8) is 0 Å². The average Bonchev–Trinajstić information content (AvgIpc) is 3.02. The van der Waals surface area contributed by atoms with Gasteiger partial charge < -0.3 is 10.1 Å². The standard InChI is InChI=1S/C19H26N2O4S/c22-19(20-17-7-11-25-18-4-2-1-3-16(17)18)14-5-9-21(10-6-14)15-8-12-26(23,24)13-15/h1-4,14-15,17H,5-13H2,(H,20,22)/t15-,17-/m0/s1. The second kappa shape index (κ2) is 7.19. The molecule has 1 aromatic rings. The van der Waals surface area contributed by atoms with Crippen LogP contribution in [-0.2, 0) is 14.6 Å². The SMILES string of the molecule is O=C(N[C@H]1CCOc2ccccc21)C1CCN([C@H]2CCS(=O)(=O)C2)CC1. The minimum absolute atomic E-state index is 0.0132. The van der Waals surface area contributed by atoms with Gasteiger partial charge in [0.15, 0.2) is 9.84 Å². The van der Waals surface area contributed by atoms with E-state index >= 15 is 0 Å². The molecule has 0 unspecified atom stereocenters. The lowest BCUT2D eigenvalue weighted by Crippen LogP contribution is -2.46. The zero-order valence-corrected chi connectivity index (χ0v) is 15.7. The number of hydrogen-bond acceptors (Lipinski definition) is 5. The number of hydrogen-bond donors (Lipinski definition) is 1. The zero-order valence-electron chi connectivity index (χ0n) is 14.9. The van der Waals surface area contributed by atoms with E-state index in [1.54, 1.807) is 0 Å². The first-order chi connectivity index (χ1) is 12.5. The first kappa shape index (κ1) is 17.8. The molecule has 4 rings (SSSR count). The van der Waals surface area contributed by atoms with E-state index in [4.69, 9.17) is 4.74 Å². The van der Waals surface area contributed by atoms with Crippen LogP contribution in [0.15, 0.2) is 24.3 Å². The molecule has 0 bridgehead atoms. The molecule has 0 aromatic heterocycles. The molecule has 2 fully saturated rings. The Hall–Kier alpha value is -1.60. The molecule has 3 heterocycles. The number of nitrogens with zero attached hydrogens (tertiary/aromatic N) is 1. The number of benzene rings is 1. The van der Waals surface area contributed by atoms with Gasteiger partial charge in [0.25, 0.3) is 0 Å². The fraction of sp³-hybridized carbons (Fsp3) is 0.632. The van der Waals surface area contributed by atoms with Gasteiger partial charge in [-0.3, -0.25) is 9.69 Å². The van der Waals surface area contributed by atoms with Crippen LogP contribution < -0.4 is 10.1 Å². The number of piperidine rings is 1. The van der Waals surface area contributed by atoms with Gasteiger partial charge in [0.1, 0.15) is 5.75 Å². The van der Waals surface area contributed by atoms with Crippen molar-refractivity contribution in [3.05, 3.63) is 29.8 Å². The fourth-order valence-electron chi connectivity index (χ4n) is 4.37. The van der Waals surface area contributed by atoms with Crippen LogP contribution in [0.2, 0.25) is 0 Å². The quantitative estimate of drug-likeness (QED) is 0.863. The zero-order chi connectivity index (χ0) is 18.1. The Morgan fingerprint density at radius 2 is 1.88 bits per heavy atom. The van der Waals surface area contributed by atoms with E-state index in [9.17, 15) is 13.2 Å². The summed E-state index contributed by atoms with van der Waals surface area (Å²) < 4.78 is 29.0. The van der Waals surface area contributed by atoms with Crippen molar-refractivity contribution < 1.29 is 17.9 Å². The van der Waals surface area contributed by atoms with Gasteiger partial charge in [-0.2, -0.15) is 0 Å². The lowest BCUT2D eigenvalue weighted by atomic mass is 9.93. The molecule has 1 amide bonds. The molecule has 1 N–H and O–H groups in total. The minimum atomic E-state index is -2.86. The smallest absolute Gasteiger partial charge is 0.223 e.